The number of aromatic nitrogens is 4. The second-order valence-corrected chi connectivity index (χ2v) is 6.71. The molecule has 0 spiro atoms. The lowest BCUT2D eigenvalue weighted by molar-refractivity contribution is -0.140. The molecule has 0 unspecified atom stereocenters. The van der Waals surface area contributed by atoms with E-state index in [1.165, 1.54) is 12.4 Å². The van der Waals surface area contributed by atoms with E-state index < -0.39 is 23.5 Å². The van der Waals surface area contributed by atoms with Gasteiger partial charge in [0.25, 0.3) is 0 Å². The summed E-state index contributed by atoms with van der Waals surface area (Å²) in [4.78, 5) is 15.7. The third-order valence-corrected chi connectivity index (χ3v) is 4.53. The van der Waals surface area contributed by atoms with Crippen molar-refractivity contribution >= 4 is 5.97 Å². The summed E-state index contributed by atoms with van der Waals surface area (Å²) in [5.41, 5.74) is -0.547. The molecule has 4 rings (SSSR count). The smallest absolute Gasteiger partial charge is 0.419 e. The average Bonchev–Trinajstić information content (AvgIpc) is 3.35. The number of hydrogen-bond acceptors (Lipinski definition) is 3. The summed E-state index contributed by atoms with van der Waals surface area (Å²) in [5.74, 6) is -2.79. The normalized spacial score (nSPS) is 11.6. The molecule has 6 nitrogen and oxygen atoms in total. The van der Waals surface area contributed by atoms with E-state index in [1.54, 1.807) is 10.8 Å². The van der Waals surface area contributed by atoms with E-state index in [0.29, 0.717) is 24.4 Å². The SMILES string of the molecule is O=C(O)c1cc(-c2cn(Cc3ccccc3)cn2)n(-c2ccc(F)c(C(F)(F)F)c2)n1. The zero-order valence-corrected chi connectivity index (χ0v) is 15.7. The average molecular weight is 430 g/mol. The highest BCUT2D eigenvalue weighted by Crippen LogP contribution is 2.33. The molecule has 158 valence electrons. The molecule has 0 atom stereocenters. The fourth-order valence-electron chi connectivity index (χ4n) is 3.10. The van der Waals surface area contributed by atoms with Crippen LogP contribution in [0.4, 0.5) is 17.6 Å². The lowest BCUT2D eigenvalue weighted by Crippen LogP contribution is -2.10. The summed E-state index contributed by atoms with van der Waals surface area (Å²) in [6, 6.07) is 13.0. The molecule has 0 aliphatic heterocycles. The summed E-state index contributed by atoms with van der Waals surface area (Å²) < 4.78 is 55.8. The van der Waals surface area contributed by atoms with Gasteiger partial charge in [0, 0.05) is 18.8 Å². The molecule has 0 amide bonds. The highest BCUT2D eigenvalue weighted by atomic mass is 19.4. The highest BCUT2D eigenvalue weighted by molar-refractivity contribution is 5.87. The summed E-state index contributed by atoms with van der Waals surface area (Å²) in [6.45, 7) is 0.489. The van der Waals surface area contributed by atoms with Gasteiger partial charge in [0.1, 0.15) is 11.5 Å². The number of imidazole rings is 1. The molecule has 2 aromatic heterocycles. The van der Waals surface area contributed by atoms with Gasteiger partial charge in [-0.1, -0.05) is 30.3 Å². The molecular weight excluding hydrogens is 416 g/mol. The Bertz CT molecular complexity index is 1250. The molecule has 0 bridgehead atoms. The number of carboxylic acid groups (broad SMARTS) is 1. The molecule has 0 fully saturated rings. The Morgan fingerprint density at radius 2 is 1.81 bits per heavy atom. The van der Waals surface area contributed by atoms with Gasteiger partial charge in [0.05, 0.1) is 23.3 Å². The quantitative estimate of drug-likeness (QED) is 0.468. The Labute approximate surface area is 173 Å². The Hall–Kier alpha value is -3.95. The zero-order valence-electron chi connectivity index (χ0n) is 15.7. The Morgan fingerprint density at radius 1 is 1.06 bits per heavy atom. The lowest BCUT2D eigenvalue weighted by atomic mass is 10.1. The van der Waals surface area contributed by atoms with Crippen LogP contribution in [0.1, 0.15) is 21.6 Å². The number of rotatable bonds is 5. The third kappa shape index (κ3) is 4.18. The van der Waals surface area contributed by atoms with Crippen LogP contribution in [-0.2, 0) is 12.7 Å². The van der Waals surface area contributed by atoms with Gasteiger partial charge in [-0.15, -0.1) is 0 Å². The van der Waals surface area contributed by atoms with E-state index in [1.807, 2.05) is 30.3 Å². The van der Waals surface area contributed by atoms with E-state index in [-0.39, 0.29) is 17.1 Å². The molecule has 4 aromatic rings. The Morgan fingerprint density at radius 3 is 2.48 bits per heavy atom. The van der Waals surface area contributed by atoms with Crippen LogP contribution in [0, 0.1) is 5.82 Å². The number of alkyl halides is 3. The monoisotopic (exact) mass is 430 g/mol. The summed E-state index contributed by atoms with van der Waals surface area (Å²) in [5, 5.41) is 13.2. The van der Waals surface area contributed by atoms with Crippen molar-refractivity contribution in [2.75, 3.05) is 0 Å². The van der Waals surface area contributed by atoms with E-state index >= 15 is 0 Å². The molecule has 10 heteroatoms. The fraction of sp³-hybridized carbons (Fsp3) is 0.0952. The first-order valence-corrected chi connectivity index (χ1v) is 8.99. The summed E-state index contributed by atoms with van der Waals surface area (Å²) >= 11 is 0. The second kappa shape index (κ2) is 7.71. The molecule has 2 heterocycles. The van der Waals surface area contributed by atoms with Crippen LogP contribution < -0.4 is 0 Å². The number of carboxylic acids is 1. The van der Waals surface area contributed by atoms with Crippen LogP contribution in [0.2, 0.25) is 0 Å². The maximum Gasteiger partial charge on any atom is 0.419 e. The van der Waals surface area contributed by atoms with Crippen LogP contribution in [0.25, 0.3) is 17.1 Å². The standard InChI is InChI=1S/C21H14F4N4O2/c22-16-7-6-14(8-15(16)21(23,24)25)29-19(9-17(27-29)20(30)31)18-11-28(12-26-18)10-13-4-2-1-3-5-13/h1-9,11-12H,10H2,(H,30,31). The molecule has 31 heavy (non-hydrogen) atoms. The van der Waals surface area contributed by atoms with Crippen molar-refractivity contribution in [3.8, 4) is 17.1 Å². The molecule has 0 aliphatic carbocycles. The van der Waals surface area contributed by atoms with E-state index in [4.69, 9.17) is 0 Å². The van der Waals surface area contributed by atoms with Crippen molar-refractivity contribution in [3.63, 3.8) is 0 Å². The number of carbonyl (C=O) groups is 1. The van der Waals surface area contributed by atoms with Crippen molar-refractivity contribution in [1.82, 2.24) is 19.3 Å². The second-order valence-electron chi connectivity index (χ2n) is 6.71. The number of aromatic carboxylic acids is 1. The number of halogens is 4. The van der Waals surface area contributed by atoms with Crippen molar-refractivity contribution < 1.29 is 27.5 Å². The minimum atomic E-state index is -4.92. The first-order chi connectivity index (χ1) is 14.7. The van der Waals surface area contributed by atoms with Crippen LogP contribution in [0.3, 0.4) is 0 Å². The number of benzene rings is 2. The minimum Gasteiger partial charge on any atom is -0.476 e. The first-order valence-electron chi connectivity index (χ1n) is 8.99. The molecule has 1 N–H and O–H groups in total. The maximum absolute atomic E-state index is 13.7. The van der Waals surface area contributed by atoms with Crippen molar-refractivity contribution in [2.24, 2.45) is 0 Å². The van der Waals surface area contributed by atoms with E-state index in [0.717, 1.165) is 16.3 Å². The van der Waals surface area contributed by atoms with Crippen molar-refractivity contribution in [3.05, 3.63) is 89.8 Å². The van der Waals surface area contributed by atoms with Gasteiger partial charge in [-0.3, -0.25) is 0 Å². The zero-order chi connectivity index (χ0) is 22.2. The molecule has 2 aromatic carbocycles. The van der Waals surface area contributed by atoms with Crippen LogP contribution in [0.5, 0.6) is 0 Å². The third-order valence-electron chi connectivity index (χ3n) is 4.53. The topological polar surface area (TPSA) is 72.9 Å². The van der Waals surface area contributed by atoms with Gasteiger partial charge in [0.15, 0.2) is 5.69 Å². The maximum atomic E-state index is 13.7. The first kappa shape index (κ1) is 20.3. The molecule has 0 saturated carbocycles. The predicted octanol–water partition coefficient (Wildman–Crippen LogP) is 4.64. The number of hydrogen-bond donors (Lipinski definition) is 1. The van der Waals surface area contributed by atoms with E-state index in [2.05, 4.69) is 10.1 Å². The van der Waals surface area contributed by atoms with Gasteiger partial charge in [-0.25, -0.2) is 18.9 Å². The summed E-state index contributed by atoms with van der Waals surface area (Å²) in [7, 11) is 0. The Kier molecular flexibility index (Phi) is 5.05. The van der Waals surface area contributed by atoms with Gasteiger partial charge in [-0.2, -0.15) is 18.3 Å². The van der Waals surface area contributed by atoms with E-state index in [9.17, 15) is 27.5 Å². The number of nitrogens with zero attached hydrogens (tertiary/aromatic N) is 4. The van der Waals surface area contributed by atoms with Gasteiger partial charge < -0.3 is 9.67 Å². The molecular formula is C21H14F4N4O2. The van der Waals surface area contributed by atoms with Crippen molar-refractivity contribution in [2.45, 2.75) is 12.7 Å². The molecule has 0 radical (unpaired) electrons. The fourth-order valence-corrected chi connectivity index (χ4v) is 3.10. The van der Waals surface area contributed by atoms with Crippen LogP contribution >= 0.6 is 0 Å². The summed E-state index contributed by atoms with van der Waals surface area (Å²) in [6.07, 6.45) is -1.77. The highest BCUT2D eigenvalue weighted by Gasteiger charge is 2.34. The van der Waals surface area contributed by atoms with Gasteiger partial charge in [-0.05, 0) is 23.8 Å². The predicted molar refractivity (Wildman–Crippen MR) is 102 cm³/mol. The molecule has 0 aliphatic rings. The largest absolute Gasteiger partial charge is 0.476 e. The van der Waals surface area contributed by atoms with Crippen LogP contribution in [0.15, 0.2) is 67.1 Å². The lowest BCUT2D eigenvalue weighted by Gasteiger charge is -2.11. The van der Waals surface area contributed by atoms with Gasteiger partial charge >= 0.3 is 12.1 Å². The minimum absolute atomic E-state index is 0.145. The van der Waals surface area contributed by atoms with Crippen LogP contribution in [-0.4, -0.2) is 30.4 Å². The van der Waals surface area contributed by atoms with Crippen molar-refractivity contribution in [1.29, 1.82) is 0 Å². The Balaban J connectivity index is 1.77. The molecule has 0 saturated heterocycles. The van der Waals surface area contributed by atoms with Gasteiger partial charge in [0.2, 0.25) is 0 Å².